The fourth-order valence-corrected chi connectivity index (χ4v) is 1.85. The van der Waals surface area contributed by atoms with E-state index in [2.05, 4.69) is 27.7 Å². The van der Waals surface area contributed by atoms with E-state index in [0.717, 1.165) is 18.8 Å². The molecule has 0 saturated heterocycles. The Labute approximate surface area is 83.5 Å². The van der Waals surface area contributed by atoms with E-state index in [0.29, 0.717) is 5.41 Å². The third kappa shape index (κ3) is 6.09. The van der Waals surface area contributed by atoms with Crippen molar-refractivity contribution in [3.8, 4) is 0 Å². The van der Waals surface area contributed by atoms with Crippen molar-refractivity contribution in [2.45, 2.75) is 59.8 Å². The Morgan fingerprint density at radius 2 is 1.69 bits per heavy atom. The summed E-state index contributed by atoms with van der Waals surface area (Å²) in [4.78, 5) is 0. The van der Waals surface area contributed by atoms with Crippen LogP contribution in [0.1, 0.15) is 59.8 Å². The molecule has 0 aromatic heterocycles. The van der Waals surface area contributed by atoms with E-state index in [9.17, 15) is 5.11 Å². The van der Waals surface area contributed by atoms with Gasteiger partial charge in [-0.25, -0.2) is 5.11 Å². The largest absolute Gasteiger partial charge is 0.237 e. The Morgan fingerprint density at radius 3 is 2.08 bits per heavy atom. The molecule has 1 atom stereocenters. The second-order valence-electron chi connectivity index (χ2n) is 5.05. The first-order chi connectivity index (χ1) is 6.02. The maximum Gasteiger partial charge on any atom is 0.0822 e. The molecule has 0 rings (SSSR count). The minimum absolute atomic E-state index is 0.100. The van der Waals surface area contributed by atoms with Gasteiger partial charge in [0.25, 0.3) is 0 Å². The molecule has 1 nitrogen and oxygen atoms in total. The molecule has 1 radical (unpaired) electrons. The first-order valence-corrected chi connectivity index (χ1v) is 5.60. The molecule has 0 bridgehead atoms. The molecule has 0 saturated carbocycles. The van der Waals surface area contributed by atoms with Gasteiger partial charge in [-0.15, -0.1) is 0 Å². The third-order valence-electron chi connectivity index (χ3n) is 2.81. The molecule has 13 heavy (non-hydrogen) atoms. The zero-order chi connectivity index (χ0) is 10.3. The maximum absolute atomic E-state index is 10.3. The van der Waals surface area contributed by atoms with Gasteiger partial charge in [0, 0.05) is 0 Å². The lowest BCUT2D eigenvalue weighted by Gasteiger charge is -2.30. The van der Waals surface area contributed by atoms with Gasteiger partial charge in [0.05, 0.1) is 6.61 Å². The highest BCUT2D eigenvalue weighted by Crippen LogP contribution is 2.33. The topological polar surface area (TPSA) is 19.9 Å². The number of rotatable bonds is 6. The van der Waals surface area contributed by atoms with E-state index in [4.69, 9.17) is 0 Å². The Balaban J connectivity index is 3.81. The summed E-state index contributed by atoms with van der Waals surface area (Å²) in [5, 5.41) is 10.3. The Hall–Kier alpha value is -0.0400. The molecule has 0 aromatic carbocycles. The van der Waals surface area contributed by atoms with E-state index in [1.54, 1.807) is 0 Å². The van der Waals surface area contributed by atoms with Crippen molar-refractivity contribution < 1.29 is 5.11 Å². The van der Waals surface area contributed by atoms with Gasteiger partial charge in [-0.3, -0.25) is 0 Å². The van der Waals surface area contributed by atoms with Crippen LogP contribution in [0.15, 0.2) is 0 Å². The van der Waals surface area contributed by atoms with Crippen molar-refractivity contribution >= 4 is 0 Å². The van der Waals surface area contributed by atoms with Crippen LogP contribution in [0.4, 0.5) is 0 Å². The summed E-state index contributed by atoms with van der Waals surface area (Å²) in [7, 11) is 0. The normalized spacial score (nSPS) is 14.5. The molecule has 0 aromatic rings. The summed E-state index contributed by atoms with van der Waals surface area (Å²) in [5.41, 5.74) is 0.416. The summed E-state index contributed by atoms with van der Waals surface area (Å²) in [6, 6.07) is 0. The van der Waals surface area contributed by atoms with Crippen molar-refractivity contribution in [3.63, 3.8) is 0 Å². The van der Waals surface area contributed by atoms with Crippen LogP contribution in [-0.2, 0) is 5.11 Å². The highest BCUT2D eigenvalue weighted by Gasteiger charge is 2.22. The van der Waals surface area contributed by atoms with Crippen LogP contribution in [0.3, 0.4) is 0 Å². The first kappa shape index (κ1) is 13.0. The maximum atomic E-state index is 10.3. The van der Waals surface area contributed by atoms with Crippen molar-refractivity contribution in [2.24, 2.45) is 11.3 Å². The number of hydrogen-bond acceptors (Lipinski definition) is 0. The third-order valence-corrected chi connectivity index (χ3v) is 2.81. The summed E-state index contributed by atoms with van der Waals surface area (Å²) in [6.45, 7) is 9.27. The predicted octanol–water partition coefficient (Wildman–Crippen LogP) is 4.05. The van der Waals surface area contributed by atoms with Crippen LogP contribution in [0.2, 0.25) is 0 Å². The van der Waals surface area contributed by atoms with Crippen molar-refractivity contribution in [1.29, 1.82) is 0 Å². The summed E-state index contributed by atoms with van der Waals surface area (Å²) >= 11 is 0. The fourth-order valence-electron chi connectivity index (χ4n) is 1.85. The predicted molar refractivity (Wildman–Crippen MR) is 57.3 cm³/mol. The van der Waals surface area contributed by atoms with E-state index in [1.807, 2.05) is 0 Å². The average Bonchev–Trinajstić information content (AvgIpc) is 2.01. The van der Waals surface area contributed by atoms with Crippen molar-refractivity contribution in [3.05, 3.63) is 0 Å². The minimum Gasteiger partial charge on any atom is -0.237 e. The SMILES string of the molecule is CCCC(CCCC[O])C(C)(C)C. The van der Waals surface area contributed by atoms with Crippen LogP contribution in [0.5, 0.6) is 0 Å². The molecule has 0 spiro atoms. The van der Waals surface area contributed by atoms with Crippen LogP contribution in [0, 0.1) is 11.3 Å². The first-order valence-electron chi connectivity index (χ1n) is 5.60. The molecule has 0 aliphatic rings. The van der Waals surface area contributed by atoms with E-state index >= 15 is 0 Å². The fraction of sp³-hybridized carbons (Fsp3) is 1.00. The monoisotopic (exact) mass is 185 g/mol. The molecule has 0 heterocycles. The summed E-state index contributed by atoms with van der Waals surface area (Å²) in [6.07, 6.45) is 5.78. The molecular weight excluding hydrogens is 160 g/mol. The van der Waals surface area contributed by atoms with Gasteiger partial charge >= 0.3 is 0 Å². The van der Waals surface area contributed by atoms with Crippen LogP contribution in [0.25, 0.3) is 0 Å². The van der Waals surface area contributed by atoms with Gasteiger partial charge in [-0.2, -0.15) is 0 Å². The van der Waals surface area contributed by atoms with E-state index in [1.165, 1.54) is 19.3 Å². The van der Waals surface area contributed by atoms with Crippen LogP contribution < -0.4 is 0 Å². The molecule has 0 fully saturated rings. The molecule has 1 heteroatoms. The number of hydrogen-bond donors (Lipinski definition) is 0. The second kappa shape index (κ2) is 6.42. The van der Waals surface area contributed by atoms with Gasteiger partial charge in [-0.1, -0.05) is 47.0 Å². The Kier molecular flexibility index (Phi) is 6.40. The summed E-state index contributed by atoms with van der Waals surface area (Å²) in [5.74, 6) is 0.795. The molecule has 1 unspecified atom stereocenters. The summed E-state index contributed by atoms with van der Waals surface area (Å²) < 4.78 is 0. The highest BCUT2D eigenvalue weighted by atomic mass is 16.2. The number of unbranched alkanes of at least 4 members (excludes halogenated alkanes) is 1. The highest BCUT2D eigenvalue weighted by molar-refractivity contribution is 4.73. The average molecular weight is 185 g/mol. The van der Waals surface area contributed by atoms with Crippen molar-refractivity contribution in [2.75, 3.05) is 6.61 Å². The van der Waals surface area contributed by atoms with Gasteiger partial charge in [0.1, 0.15) is 0 Å². The van der Waals surface area contributed by atoms with E-state index < -0.39 is 0 Å². The zero-order valence-corrected chi connectivity index (χ0v) is 9.73. The molecule has 0 aliphatic heterocycles. The lowest BCUT2D eigenvalue weighted by Crippen LogP contribution is -2.20. The standard InChI is InChI=1S/C12H25O/c1-5-8-11(12(2,3)4)9-6-7-10-13/h11H,5-10H2,1-4H3. The molecular formula is C12H25O. The Bertz CT molecular complexity index is 113. The quantitative estimate of drug-likeness (QED) is 0.556. The zero-order valence-electron chi connectivity index (χ0n) is 9.73. The lowest BCUT2D eigenvalue weighted by atomic mass is 9.75. The van der Waals surface area contributed by atoms with Crippen molar-refractivity contribution in [1.82, 2.24) is 0 Å². The molecule has 0 aliphatic carbocycles. The van der Waals surface area contributed by atoms with Crippen LogP contribution in [-0.4, -0.2) is 6.61 Å². The molecule has 0 N–H and O–H groups in total. The lowest BCUT2D eigenvalue weighted by molar-refractivity contribution is 0.168. The van der Waals surface area contributed by atoms with Crippen LogP contribution >= 0.6 is 0 Å². The Morgan fingerprint density at radius 1 is 1.08 bits per heavy atom. The van der Waals surface area contributed by atoms with Gasteiger partial charge < -0.3 is 0 Å². The smallest absolute Gasteiger partial charge is 0.0822 e. The minimum atomic E-state index is 0.100. The molecule has 0 amide bonds. The van der Waals surface area contributed by atoms with E-state index in [-0.39, 0.29) is 6.61 Å². The second-order valence-corrected chi connectivity index (χ2v) is 5.05. The van der Waals surface area contributed by atoms with Gasteiger partial charge in [0.15, 0.2) is 0 Å². The van der Waals surface area contributed by atoms with Gasteiger partial charge in [0.2, 0.25) is 0 Å². The van der Waals surface area contributed by atoms with Gasteiger partial charge in [-0.05, 0) is 24.2 Å². The molecule has 79 valence electrons.